The molecule has 0 amide bonds. The third kappa shape index (κ3) is 3.32. The van der Waals surface area contributed by atoms with Crippen molar-refractivity contribution in [2.24, 2.45) is 0 Å². The molecule has 0 aliphatic carbocycles. The lowest BCUT2D eigenvalue weighted by Crippen LogP contribution is -2.58. The highest BCUT2D eigenvalue weighted by Crippen LogP contribution is 2.18. The first-order valence-electron chi connectivity index (χ1n) is 7.01. The summed E-state index contributed by atoms with van der Waals surface area (Å²) in [6, 6.07) is 0. The van der Waals surface area contributed by atoms with Crippen molar-refractivity contribution in [1.29, 1.82) is 0 Å². The van der Waals surface area contributed by atoms with Gasteiger partial charge in [-0.25, -0.2) is 0 Å². The zero-order valence-corrected chi connectivity index (χ0v) is 11.4. The van der Waals surface area contributed by atoms with Gasteiger partial charge in [0, 0.05) is 26.1 Å². The first-order valence-corrected chi connectivity index (χ1v) is 7.01. The maximum Gasteiger partial charge on any atom is 0.252 e. The zero-order chi connectivity index (χ0) is 13.1. The van der Waals surface area contributed by atoms with Crippen molar-refractivity contribution in [1.82, 2.24) is 15.5 Å². The normalized spacial score (nSPS) is 26.1. The average Bonchev–Trinajstić information content (AvgIpc) is 2.83. The van der Waals surface area contributed by atoms with E-state index in [9.17, 15) is 0 Å². The second-order valence-electron chi connectivity index (χ2n) is 5.64. The Morgan fingerprint density at radius 3 is 3.00 bits per heavy atom. The standard InChI is InChI=1S/C13H21N3O3/c1-13(8-14-9-13)18-7-12-15-11(16-19-12)6-10-4-2-3-5-17-10/h10,14H,2-9H2,1H3. The first kappa shape index (κ1) is 13.0. The monoisotopic (exact) mass is 267 g/mol. The Hall–Kier alpha value is -0.980. The van der Waals surface area contributed by atoms with Gasteiger partial charge >= 0.3 is 0 Å². The van der Waals surface area contributed by atoms with E-state index in [4.69, 9.17) is 14.0 Å². The molecule has 2 aliphatic heterocycles. The molecule has 1 atom stereocenters. The van der Waals surface area contributed by atoms with Crippen molar-refractivity contribution >= 4 is 0 Å². The molecule has 2 aliphatic rings. The molecule has 3 rings (SSSR count). The minimum atomic E-state index is -0.0822. The van der Waals surface area contributed by atoms with Crippen LogP contribution in [0, 0.1) is 0 Å². The van der Waals surface area contributed by atoms with Crippen molar-refractivity contribution in [3.05, 3.63) is 11.7 Å². The van der Waals surface area contributed by atoms with Crippen LogP contribution in [-0.4, -0.2) is 41.5 Å². The van der Waals surface area contributed by atoms with E-state index >= 15 is 0 Å². The molecule has 6 heteroatoms. The molecule has 1 N–H and O–H groups in total. The smallest absolute Gasteiger partial charge is 0.252 e. The van der Waals surface area contributed by atoms with Gasteiger partial charge in [-0.15, -0.1) is 0 Å². The predicted molar refractivity (Wildman–Crippen MR) is 67.7 cm³/mol. The number of aromatic nitrogens is 2. The Bertz CT molecular complexity index is 411. The van der Waals surface area contributed by atoms with Crippen molar-refractivity contribution in [3.63, 3.8) is 0 Å². The summed E-state index contributed by atoms with van der Waals surface area (Å²) in [5, 5.41) is 7.18. The van der Waals surface area contributed by atoms with Gasteiger partial charge in [-0.3, -0.25) is 0 Å². The minimum absolute atomic E-state index is 0.0822. The molecule has 0 spiro atoms. The fourth-order valence-corrected chi connectivity index (χ4v) is 2.42. The maximum absolute atomic E-state index is 5.76. The lowest BCUT2D eigenvalue weighted by Gasteiger charge is -2.38. The Morgan fingerprint density at radius 2 is 2.32 bits per heavy atom. The van der Waals surface area contributed by atoms with Gasteiger partial charge in [0.15, 0.2) is 5.82 Å². The van der Waals surface area contributed by atoms with Crippen LogP contribution in [0.5, 0.6) is 0 Å². The van der Waals surface area contributed by atoms with E-state index in [1.54, 1.807) is 0 Å². The number of hydrogen-bond acceptors (Lipinski definition) is 6. The summed E-state index contributed by atoms with van der Waals surface area (Å²) in [5.41, 5.74) is -0.0822. The van der Waals surface area contributed by atoms with E-state index in [1.165, 1.54) is 6.42 Å². The van der Waals surface area contributed by atoms with E-state index in [1.807, 2.05) is 0 Å². The lowest BCUT2D eigenvalue weighted by molar-refractivity contribution is -0.0841. The summed E-state index contributed by atoms with van der Waals surface area (Å²) in [7, 11) is 0. The summed E-state index contributed by atoms with van der Waals surface area (Å²) in [4.78, 5) is 4.36. The third-order valence-electron chi connectivity index (χ3n) is 3.74. The van der Waals surface area contributed by atoms with Gasteiger partial charge in [0.2, 0.25) is 0 Å². The van der Waals surface area contributed by atoms with E-state index in [0.29, 0.717) is 12.5 Å². The Balaban J connectivity index is 1.48. The fourth-order valence-electron chi connectivity index (χ4n) is 2.42. The van der Waals surface area contributed by atoms with Crippen molar-refractivity contribution in [2.45, 2.75) is 50.9 Å². The molecule has 106 valence electrons. The van der Waals surface area contributed by atoms with Crippen LogP contribution in [0.15, 0.2) is 4.52 Å². The number of nitrogens with zero attached hydrogens (tertiary/aromatic N) is 2. The molecule has 0 bridgehead atoms. The molecular weight excluding hydrogens is 246 g/mol. The number of hydrogen-bond donors (Lipinski definition) is 1. The SMILES string of the molecule is CC1(OCc2nc(CC3CCCCO3)no2)CNC1. The Labute approximate surface area is 112 Å². The highest BCUT2D eigenvalue weighted by atomic mass is 16.5. The van der Waals surface area contributed by atoms with Crippen LogP contribution in [0.3, 0.4) is 0 Å². The van der Waals surface area contributed by atoms with Crippen LogP contribution >= 0.6 is 0 Å². The molecule has 2 saturated heterocycles. The largest absolute Gasteiger partial charge is 0.378 e. The molecule has 1 aromatic heterocycles. The summed E-state index contributed by atoms with van der Waals surface area (Å²) >= 11 is 0. The minimum Gasteiger partial charge on any atom is -0.378 e. The fraction of sp³-hybridized carbons (Fsp3) is 0.846. The van der Waals surface area contributed by atoms with Crippen LogP contribution in [0.1, 0.15) is 37.9 Å². The van der Waals surface area contributed by atoms with Crippen LogP contribution in [0.4, 0.5) is 0 Å². The van der Waals surface area contributed by atoms with Gasteiger partial charge in [0.25, 0.3) is 5.89 Å². The predicted octanol–water partition coefficient (Wildman–Crippen LogP) is 1.06. The van der Waals surface area contributed by atoms with Gasteiger partial charge in [-0.05, 0) is 26.2 Å². The van der Waals surface area contributed by atoms with Crippen molar-refractivity contribution < 1.29 is 14.0 Å². The molecule has 19 heavy (non-hydrogen) atoms. The van der Waals surface area contributed by atoms with Crippen LogP contribution in [-0.2, 0) is 22.5 Å². The first-order chi connectivity index (χ1) is 9.23. The molecule has 0 radical (unpaired) electrons. The van der Waals surface area contributed by atoms with Gasteiger partial charge in [0.1, 0.15) is 6.61 Å². The van der Waals surface area contributed by atoms with Gasteiger partial charge in [-0.1, -0.05) is 5.16 Å². The Morgan fingerprint density at radius 1 is 1.42 bits per heavy atom. The topological polar surface area (TPSA) is 69.4 Å². The molecule has 0 aromatic carbocycles. The van der Waals surface area contributed by atoms with E-state index in [2.05, 4.69) is 22.4 Å². The van der Waals surface area contributed by atoms with Gasteiger partial charge < -0.3 is 19.3 Å². The number of nitrogens with one attached hydrogen (secondary N) is 1. The number of rotatable bonds is 5. The second-order valence-corrected chi connectivity index (χ2v) is 5.64. The van der Waals surface area contributed by atoms with Crippen molar-refractivity contribution in [2.75, 3.05) is 19.7 Å². The second kappa shape index (κ2) is 5.56. The zero-order valence-electron chi connectivity index (χ0n) is 11.4. The molecule has 6 nitrogen and oxygen atoms in total. The molecule has 1 aromatic rings. The van der Waals surface area contributed by atoms with E-state index < -0.39 is 0 Å². The summed E-state index contributed by atoms with van der Waals surface area (Å²) in [6.45, 7) is 5.07. The third-order valence-corrected chi connectivity index (χ3v) is 3.74. The number of ether oxygens (including phenoxy) is 2. The van der Waals surface area contributed by atoms with Gasteiger partial charge in [0.05, 0.1) is 11.7 Å². The highest BCUT2D eigenvalue weighted by Gasteiger charge is 2.33. The van der Waals surface area contributed by atoms with E-state index in [-0.39, 0.29) is 11.7 Å². The summed E-state index contributed by atoms with van der Waals surface area (Å²) in [5.74, 6) is 1.28. The van der Waals surface area contributed by atoms with Crippen molar-refractivity contribution in [3.8, 4) is 0 Å². The molecular formula is C13H21N3O3. The molecule has 1 unspecified atom stereocenters. The molecule has 3 heterocycles. The highest BCUT2D eigenvalue weighted by molar-refractivity contribution is 4.92. The van der Waals surface area contributed by atoms with Crippen LogP contribution in [0.2, 0.25) is 0 Å². The van der Waals surface area contributed by atoms with E-state index in [0.717, 1.165) is 44.8 Å². The quantitative estimate of drug-likeness (QED) is 0.860. The summed E-state index contributed by atoms with van der Waals surface area (Å²) < 4.78 is 16.6. The molecule has 2 fully saturated rings. The van der Waals surface area contributed by atoms with Crippen LogP contribution in [0.25, 0.3) is 0 Å². The maximum atomic E-state index is 5.76. The average molecular weight is 267 g/mol. The van der Waals surface area contributed by atoms with Crippen LogP contribution < -0.4 is 5.32 Å². The van der Waals surface area contributed by atoms with Gasteiger partial charge in [-0.2, -0.15) is 4.98 Å². The summed E-state index contributed by atoms with van der Waals surface area (Å²) in [6.07, 6.45) is 4.46. The Kier molecular flexibility index (Phi) is 3.81. The lowest BCUT2D eigenvalue weighted by atomic mass is 10.0. The molecule has 0 saturated carbocycles.